The average Bonchev–Trinajstić information content (AvgIpc) is 4.34. The Kier molecular flexibility index (Phi) is 8.99. The molecule has 2 aliphatic rings. The highest BCUT2D eigenvalue weighted by Crippen LogP contribution is 2.62. The van der Waals surface area contributed by atoms with Crippen LogP contribution in [0.5, 0.6) is 11.5 Å². The van der Waals surface area contributed by atoms with E-state index in [0.29, 0.717) is 5.56 Å². The molecule has 0 N–H and O–H groups in total. The van der Waals surface area contributed by atoms with Gasteiger partial charge in [-0.3, -0.25) is 9.97 Å². The Morgan fingerprint density at radius 2 is 0.772 bits per heavy atom. The second kappa shape index (κ2) is 16.3. The third-order valence-electron chi connectivity index (χ3n) is 16.8. The van der Waals surface area contributed by atoms with Crippen LogP contribution in [0.3, 0.4) is 0 Å². The largest absolute Gasteiger partial charge is 0.457 e. The molecular weight excluding hydrogens is 965 g/mol. The lowest BCUT2D eigenvalue weighted by Crippen LogP contribution is -2.32. The summed E-state index contributed by atoms with van der Waals surface area (Å²) in [6, 6.07) is 89.1. The summed E-state index contributed by atoms with van der Waals surface area (Å²) in [6.45, 7) is 0. The van der Waals surface area contributed by atoms with E-state index in [0.717, 1.165) is 112 Å². The minimum absolute atomic E-state index is 0.616. The van der Waals surface area contributed by atoms with E-state index in [1.54, 1.807) is 0 Å². The molecule has 5 aromatic heterocycles. The maximum absolute atomic E-state index is 10.2. The zero-order chi connectivity index (χ0) is 51.9. The molecule has 17 rings (SSSR count). The number of benzene rings is 10. The second-order valence-corrected chi connectivity index (χ2v) is 20.8. The van der Waals surface area contributed by atoms with E-state index in [-0.39, 0.29) is 0 Å². The van der Waals surface area contributed by atoms with Gasteiger partial charge in [0.25, 0.3) is 0 Å². The Morgan fingerprint density at radius 3 is 1.35 bits per heavy atom. The molecule has 10 aromatic carbocycles. The van der Waals surface area contributed by atoms with Gasteiger partial charge in [-0.2, -0.15) is 5.26 Å². The second-order valence-electron chi connectivity index (χ2n) is 20.8. The molecule has 0 radical (unpaired) electrons. The molecule has 79 heavy (non-hydrogen) atoms. The first-order chi connectivity index (χ1) is 39.1. The molecule has 7 heteroatoms. The zero-order valence-electron chi connectivity index (χ0n) is 42.3. The lowest BCUT2D eigenvalue weighted by Gasteiger charge is -2.39. The standard InChI is InChI=1S/C72H42N6O/c73-43-44-22-32-65-55(38-44)57-40-46(25-34-67(57)78(65)51-29-27-50(28-30-51)77-62-19-7-4-14-52(62)53-15-5-8-20-63(53)77)48-23-31-58-69(42-48)79-68-35-26-47(41-61(68)72(58)59-17-10-36-74-70(59)71-60(72)18-11-37-75-71)45-24-33-66-56(39-45)54-16-6-9-21-64(54)76(66)49-12-2-1-3-13-49/h1-42H. The van der Waals surface area contributed by atoms with Crippen LogP contribution in [0.15, 0.2) is 255 Å². The molecule has 0 unspecified atom stereocenters. The van der Waals surface area contributed by atoms with Crippen molar-refractivity contribution in [3.63, 3.8) is 0 Å². The van der Waals surface area contributed by atoms with Crippen molar-refractivity contribution in [3.8, 4) is 68.3 Å². The monoisotopic (exact) mass is 1010 g/mol. The molecule has 366 valence electrons. The molecule has 0 saturated heterocycles. The van der Waals surface area contributed by atoms with Gasteiger partial charge in [-0.05, 0) is 161 Å². The summed E-state index contributed by atoms with van der Waals surface area (Å²) in [5.74, 6) is 1.56. The zero-order valence-corrected chi connectivity index (χ0v) is 42.3. The lowest BCUT2D eigenvalue weighted by molar-refractivity contribution is 0.436. The molecule has 0 fully saturated rings. The van der Waals surface area contributed by atoms with Crippen molar-refractivity contribution in [2.24, 2.45) is 0 Å². The van der Waals surface area contributed by atoms with Gasteiger partial charge in [-0.1, -0.05) is 115 Å². The fourth-order valence-corrected chi connectivity index (χ4v) is 13.5. The minimum Gasteiger partial charge on any atom is -0.457 e. The molecule has 1 aliphatic carbocycles. The van der Waals surface area contributed by atoms with Gasteiger partial charge in [0.15, 0.2) is 0 Å². The average molecular weight is 1010 g/mol. The van der Waals surface area contributed by atoms with E-state index in [1.807, 2.05) is 36.7 Å². The van der Waals surface area contributed by atoms with Gasteiger partial charge in [-0.15, -0.1) is 0 Å². The summed E-state index contributed by atoms with van der Waals surface area (Å²) in [4.78, 5) is 10.1. The van der Waals surface area contributed by atoms with Crippen molar-refractivity contribution in [3.05, 3.63) is 283 Å². The third kappa shape index (κ3) is 6.05. The summed E-state index contributed by atoms with van der Waals surface area (Å²) in [5.41, 5.74) is 20.1. The number of nitriles is 1. The minimum atomic E-state index is -0.778. The van der Waals surface area contributed by atoms with E-state index in [9.17, 15) is 5.26 Å². The number of nitrogens with zero attached hydrogens (tertiary/aromatic N) is 6. The van der Waals surface area contributed by atoms with E-state index in [1.165, 1.54) is 38.1 Å². The van der Waals surface area contributed by atoms with Gasteiger partial charge in [0.1, 0.15) is 11.5 Å². The van der Waals surface area contributed by atoms with Crippen LogP contribution in [-0.2, 0) is 5.41 Å². The Balaban J connectivity index is 0.805. The Morgan fingerprint density at radius 1 is 0.329 bits per heavy atom. The first-order valence-electron chi connectivity index (χ1n) is 26.7. The summed E-state index contributed by atoms with van der Waals surface area (Å²) in [6.07, 6.45) is 3.74. The predicted octanol–water partition coefficient (Wildman–Crippen LogP) is 17.4. The SMILES string of the molecule is N#Cc1ccc2c(c1)c1cc(-c3ccc4c(c3)Oc3ccc(-c5ccc6c(c5)c5ccccc5n6-c5ccccc5)cc3C43c4cccnc4-c4ncccc43)ccc1n2-c1ccc(-n2c3ccccc3c3ccccc32)cc1. The molecule has 1 spiro atoms. The van der Waals surface area contributed by atoms with Crippen molar-refractivity contribution < 1.29 is 4.74 Å². The van der Waals surface area contributed by atoms with Gasteiger partial charge in [0, 0.05) is 72.9 Å². The molecule has 7 nitrogen and oxygen atoms in total. The van der Waals surface area contributed by atoms with Crippen LogP contribution in [0.1, 0.15) is 27.8 Å². The summed E-state index contributed by atoms with van der Waals surface area (Å²) < 4.78 is 14.2. The highest BCUT2D eigenvalue weighted by atomic mass is 16.5. The van der Waals surface area contributed by atoms with E-state index < -0.39 is 5.41 Å². The molecule has 0 bridgehead atoms. The number of rotatable bonds is 5. The highest BCUT2D eigenvalue weighted by Gasteiger charge is 2.52. The van der Waals surface area contributed by atoms with Crippen LogP contribution >= 0.6 is 0 Å². The molecule has 15 aromatic rings. The number of hydrogen-bond donors (Lipinski definition) is 0. The van der Waals surface area contributed by atoms with E-state index >= 15 is 0 Å². The smallest absolute Gasteiger partial charge is 0.132 e. The quantitative estimate of drug-likeness (QED) is 0.172. The number of ether oxygens (including phenoxy) is 1. The van der Waals surface area contributed by atoms with Crippen molar-refractivity contribution in [1.82, 2.24) is 23.7 Å². The first kappa shape index (κ1) is 43.4. The normalized spacial score (nSPS) is 13.0. The summed E-state index contributed by atoms with van der Waals surface area (Å²) >= 11 is 0. The lowest BCUT2D eigenvalue weighted by atomic mass is 9.66. The molecule has 0 saturated carbocycles. The number of hydrogen-bond acceptors (Lipinski definition) is 4. The van der Waals surface area contributed by atoms with Gasteiger partial charge < -0.3 is 18.4 Å². The number of pyridine rings is 2. The number of fused-ring (bicyclic) bond motifs is 18. The fourth-order valence-electron chi connectivity index (χ4n) is 13.5. The van der Waals surface area contributed by atoms with Crippen molar-refractivity contribution in [2.45, 2.75) is 5.41 Å². The fraction of sp³-hybridized carbons (Fsp3) is 0.0139. The van der Waals surface area contributed by atoms with E-state index in [2.05, 4.69) is 238 Å². The summed E-state index contributed by atoms with van der Waals surface area (Å²) in [5, 5.41) is 17.1. The van der Waals surface area contributed by atoms with Gasteiger partial charge >= 0.3 is 0 Å². The van der Waals surface area contributed by atoms with Crippen molar-refractivity contribution >= 4 is 65.4 Å². The molecule has 6 heterocycles. The first-order valence-corrected chi connectivity index (χ1v) is 26.7. The molecular formula is C72H42N6O. The number of aromatic nitrogens is 5. The van der Waals surface area contributed by atoms with Crippen LogP contribution < -0.4 is 4.74 Å². The van der Waals surface area contributed by atoms with Crippen LogP contribution in [0.25, 0.3) is 116 Å². The maximum atomic E-state index is 10.2. The third-order valence-corrected chi connectivity index (χ3v) is 16.8. The Hall–Kier alpha value is -10.8. The molecule has 0 atom stereocenters. The van der Waals surface area contributed by atoms with Gasteiger partial charge in [0.05, 0.1) is 61.5 Å². The maximum Gasteiger partial charge on any atom is 0.132 e. The highest BCUT2D eigenvalue weighted by molar-refractivity contribution is 6.13. The van der Waals surface area contributed by atoms with Crippen LogP contribution in [-0.4, -0.2) is 23.7 Å². The van der Waals surface area contributed by atoms with Gasteiger partial charge in [-0.25, -0.2) is 0 Å². The number of para-hydroxylation sites is 4. The van der Waals surface area contributed by atoms with Crippen LogP contribution in [0, 0.1) is 11.3 Å². The van der Waals surface area contributed by atoms with E-state index in [4.69, 9.17) is 14.7 Å². The van der Waals surface area contributed by atoms with Gasteiger partial charge in [0.2, 0.25) is 0 Å². The summed E-state index contributed by atoms with van der Waals surface area (Å²) in [7, 11) is 0. The topological polar surface area (TPSA) is 73.6 Å². The van der Waals surface area contributed by atoms with Crippen LogP contribution in [0.4, 0.5) is 0 Å². The molecule has 0 amide bonds. The van der Waals surface area contributed by atoms with Crippen LogP contribution in [0.2, 0.25) is 0 Å². The van der Waals surface area contributed by atoms with Crippen molar-refractivity contribution in [1.29, 1.82) is 5.26 Å². The Bertz CT molecular complexity index is 5030. The van der Waals surface area contributed by atoms with Crippen molar-refractivity contribution in [2.75, 3.05) is 0 Å². The Labute approximate surface area is 453 Å². The predicted molar refractivity (Wildman–Crippen MR) is 318 cm³/mol. The molecule has 1 aliphatic heterocycles.